The first-order valence-electron chi connectivity index (χ1n) is 24.7. The summed E-state index contributed by atoms with van der Waals surface area (Å²) in [6.07, 6.45) is 2.63. The van der Waals surface area contributed by atoms with E-state index in [9.17, 15) is 49.3 Å². The molecule has 0 saturated carbocycles. The maximum atomic E-state index is 13.3. The minimum Gasteiger partial charge on any atom is -0.463 e. The molecular formula is C57H54N10O14. The van der Waals surface area contributed by atoms with Crippen molar-refractivity contribution in [2.75, 3.05) is 100 Å². The molecule has 0 aliphatic carbocycles. The van der Waals surface area contributed by atoms with Crippen molar-refractivity contribution in [2.45, 2.75) is 39.2 Å². The van der Waals surface area contributed by atoms with E-state index in [4.69, 9.17) is 55.5 Å². The number of nitriles is 6. The molecule has 0 radical (unpaired) electrons. The van der Waals surface area contributed by atoms with Gasteiger partial charge in [0.15, 0.2) is 0 Å². The number of hydrogen-bond donors (Lipinski definition) is 0. The lowest BCUT2D eigenvalue weighted by molar-refractivity contribution is -0.144. The first-order valence-corrected chi connectivity index (χ1v) is 24.7. The Morgan fingerprint density at radius 2 is 0.728 bits per heavy atom. The molecule has 3 rings (SSSR count). The monoisotopic (exact) mass is 1100 g/mol. The molecule has 416 valence electrons. The van der Waals surface area contributed by atoms with Gasteiger partial charge >= 0.3 is 47.8 Å². The van der Waals surface area contributed by atoms with Crippen LogP contribution < -0.4 is 14.7 Å². The van der Waals surface area contributed by atoms with Crippen molar-refractivity contribution in [2.24, 2.45) is 0 Å². The summed E-state index contributed by atoms with van der Waals surface area (Å²) in [5, 5.41) is 55.8. The lowest BCUT2D eigenvalue weighted by atomic mass is 10.1. The standard InChI is InChI=1S/C57H54N10O14/c1-4-75-55(72)45(38-61)35-42-5-15-50(16-6-42)67(27-33-80-56(73)46(39-62)36-43-7-11-48(12-8-43)65(23-29-76-51(68)17-20-58)24-30-77-52(69)18-21-59)28-34-81-57(74)47(40-63)37-44-9-13-49(14-10-44)66(25-31-78-53(70)19-22-60)26-32-79-54(71)41(2)64-3/h5-16,35-37,41H,4,17-19,23-34H2,1-2H3/b45-35+,46-36+,47-37+. The van der Waals surface area contributed by atoms with E-state index >= 15 is 0 Å². The van der Waals surface area contributed by atoms with Gasteiger partial charge in [-0.05, 0) is 78.2 Å². The predicted octanol–water partition coefficient (Wildman–Crippen LogP) is 5.10. The van der Waals surface area contributed by atoms with Crippen molar-refractivity contribution in [3.63, 3.8) is 0 Å². The van der Waals surface area contributed by atoms with Gasteiger partial charge in [-0.3, -0.25) is 14.4 Å². The summed E-state index contributed by atoms with van der Waals surface area (Å²) in [5.41, 5.74) is 2.04. The molecule has 0 bridgehead atoms. The van der Waals surface area contributed by atoms with Gasteiger partial charge < -0.3 is 52.7 Å². The maximum Gasteiger partial charge on any atom is 0.389 e. The number of nitrogens with zero attached hydrogens (tertiary/aromatic N) is 10. The molecule has 81 heavy (non-hydrogen) atoms. The minimum atomic E-state index is -0.996. The fourth-order valence-corrected chi connectivity index (χ4v) is 6.81. The van der Waals surface area contributed by atoms with E-state index in [1.54, 1.807) is 113 Å². The summed E-state index contributed by atoms with van der Waals surface area (Å²) in [6, 6.07) is 29.1. The average molecular weight is 1100 g/mol. The molecule has 24 nitrogen and oxygen atoms in total. The summed E-state index contributed by atoms with van der Waals surface area (Å²) in [7, 11) is 0. The first-order chi connectivity index (χ1) is 39.1. The molecule has 3 aromatic rings. The van der Waals surface area contributed by atoms with Crippen LogP contribution in [-0.2, 0) is 66.7 Å². The number of carbonyl (C=O) groups is 7. The Morgan fingerprint density at radius 3 is 0.988 bits per heavy atom. The van der Waals surface area contributed by atoms with Crippen LogP contribution in [-0.4, -0.2) is 133 Å². The summed E-state index contributed by atoms with van der Waals surface area (Å²) in [5.74, 6) is -5.60. The average Bonchev–Trinajstić information content (AvgIpc) is 3.46. The molecule has 3 aromatic carbocycles. The van der Waals surface area contributed by atoms with Crippen molar-refractivity contribution in [3.8, 4) is 36.4 Å². The number of benzene rings is 3. The molecule has 0 N–H and O–H groups in total. The second-order valence-electron chi connectivity index (χ2n) is 16.4. The highest BCUT2D eigenvalue weighted by Gasteiger charge is 2.21. The van der Waals surface area contributed by atoms with Crippen LogP contribution in [0.4, 0.5) is 17.1 Å². The Labute approximate surface area is 467 Å². The van der Waals surface area contributed by atoms with Crippen molar-refractivity contribution < 1.29 is 66.7 Å². The Hall–Kier alpha value is -11.0. The molecule has 0 heterocycles. The van der Waals surface area contributed by atoms with Gasteiger partial charge in [0.25, 0.3) is 0 Å². The summed E-state index contributed by atoms with van der Waals surface area (Å²) < 4.78 is 36.5. The van der Waals surface area contributed by atoms with Gasteiger partial charge in [0.05, 0.1) is 64.1 Å². The van der Waals surface area contributed by atoms with Gasteiger partial charge in [-0.2, -0.15) is 31.6 Å². The molecular weight excluding hydrogens is 1050 g/mol. The topological polar surface area (TPSA) is 341 Å². The van der Waals surface area contributed by atoms with Crippen LogP contribution in [0.5, 0.6) is 0 Å². The van der Waals surface area contributed by atoms with E-state index in [-0.39, 0.29) is 102 Å². The fourth-order valence-electron chi connectivity index (χ4n) is 6.81. The molecule has 0 aromatic heterocycles. The van der Waals surface area contributed by atoms with E-state index in [1.165, 1.54) is 25.2 Å². The zero-order chi connectivity index (χ0) is 59.4. The Bertz CT molecular complexity index is 3060. The second kappa shape index (κ2) is 36.1. The zero-order valence-electron chi connectivity index (χ0n) is 44.2. The van der Waals surface area contributed by atoms with E-state index < -0.39 is 67.1 Å². The Kier molecular flexibility index (Phi) is 28.7. The Balaban J connectivity index is 1.79. The third-order valence-corrected chi connectivity index (χ3v) is 10.9. The first kappa shape index (κ1) is 64.3. The number of rotatable bonds is 32. The third-order valence-electron chi connectivity index (χ3n) is 10.9. The van der Waals surface area contributed by atoms with Crippen LogP contribution in [0, 0.1) is 74.6 Å². The highest BCUT2D eigenvalue weighted by Crippen LogP contribution is 2.21. The fraction of sp³-hybridized carbons (Fsp3) is 0.333. The van der Waals surface area contributed by atoms with Crippen molar-refractivity contribution in [1.82, 2.24) is 0 Å². The minimum absolute atomic E-state index is 0.0131. The second-order valence-corrected chi connectivity index (χ2v) is 16.4. The summed E-state index contributed by atoms with van der Waals surface area (Å²) in [6.45, 7) is 9.67. The van der Waals surface area contributed by atoms with Gasteiger partial charge in [-0.25, -0.2) is 25.8 Å². The van der Waals surface area contributed by atoms with Crippen molar-refractivity contribution in [1.29, 1.82) is 31.6 Å². The largest absolute Gasteiger partial charge is 0.463 e. The van der Waals surface area contributed by atoms with E-state index in [0.29, 0.717) is 33.8 Å². The lowest BCUT2D eigenvalue weighted by Gasteiger charge is -2.25. The third kappa shape index (κ3) is 23.4. The lowest BCUT2D eigenvalue weighted by Crippen LogP contribution is -2.33. The van der Waals surface area contributed by atoms with E-state index in [0.717, 1.165) is 0 Å². The maximum absolute atomic E-state index is 13.3. The van der Waals surface area contributed by atoms with Crippen LogP contribution in [0.15, 0.2) is 89.5 Å². The summed E-state index contributed by atoms with van der Waals surface area (Å²) >= 11 is 0. The number of anilines is 3. The van der Waals surface area contributed by atoms with Gasteiger partial charge in [0.1, 0.15) is 93.8 Å². The predicted molar refractivity (Wildman–Crippen MR) is 286 cm³/mol. The van der Waals surface area contributed by atoms with Crippen LogP contribution in [0.1, 0.15) is 49.8 Å². The van der Waals surface area contributed by atoms with E-state index in [1.807, 2.05) is 18.2 Å². The summed E-state index contributed by atoms with van der Waals surface area (Å²) in [4.78, 5) is 94.5. The van der Waals surface area contributed by atoms with Crippen LogP contribution in [0.25, 0.3) is 23.1 Å². The number of ether oxygens (including phenoxy) is 7. The molecule has 0 aliphatic heterocycles. The molecule has 1 unspecified atom stereocenters. The van der Waals surface area contributed by atoms with Crippen molar-refractivity contribution in [3.05, 3.63) is 118 Å². The van der Waals surface area contributed by atoms with Gasteiger partial charge in [-0.1, -0.05) is 36.4 Å². The zero-order valence-corrected chi connectivity index (χ0v) is 44.2. The molecule has 1 atom stereocenters. The van der Waals surface area contributed by atoms with Crippen LogP contribution in [0.3, 0.4) is 0 Å². The SMILES string of the molecule is [C-]#[N+]C(C)C(=O)OCCN(CCOC(=O)CC#N)c1ccc(/C=C(\C#N)C(=O)OCCN(CCOC(=O)/C(C#N)=C/c2ccc(N(CCOC(=O)CC#N)CCOC(=O)CC#N)cc2)c2ccc(/C=C(\C#N)C(=O)OCC)cc2)cc1. The quantitative estimate of drug-likeness (QED) is 0.0258. The van der Waals surface area contributed by atoms with Gasteiger partial charge in [0, 0.05) is 24.0 Å². The molecule has 24 heteroatoms. The smallest absolute Gasteiger partial charge is 0.389 e. The van der Waals surface area contributed by atoms with Crippen LogP contribution >= 0.6 is 0 Å². The number of esters is 7. The highest BCUT2D eigenvalue weighted by molar-refractivity contribution is 5.99. The highest BCUT2D eigenvalue weighted by atomic mass is 16.6. The Morgan fingerprint density at radius 1 is 0.457 bits per heavy atom. The number of hydrogen-bond acceptors (Lipinski definition) is 23. The van der Waals surface area contributed by atoms with Crippen LogP contribution in [0.2, 0.25) is 0 Å². The van der Waals surface area contributed by atoms with Gasteiger partial charge in [-0.15, -0.1) is 0 Å². The molecule has 0 amide bonds. The molecule has 0 aliphatic rings. The number of carbonyl (C=O) groups excluding carboxylic acids is 7. The molecule has 0 spiro atoms. The molecule has 0 saturated heterocycles. The molecule has 0 fully saturated rings. The van der Waals surface area contributed by atoms with Gasteiger partial charge in [0.2, 0.25) is 0 Å². The normalized spacial score (nSPS) is 11.1. The van der Waals surface area contributed by atoms with E-state index in [2.05, 4.69) is 4.85 Å². The van der Waals surface area contributed by atoms with Crippen molar-refractivity contribution >= 4 is 77.1 Å².